The van der Waals surface area contributed by atoms with Crippen LogP contribution in [0.5, 0.6) is 0 Å². The van der Waals surface area contributed by atoms with Gasteiger partial charge in [-0.2, -0.15) is 0 Å². The molecule has 0 radical (unpaired) electrons. The minimum atomic E-state index is 0.273. The second kappa shape index (κ2) is 17.7. The van der Waals surface area contributed by atoms with Crippen molar-refractivity contribution < 1.29 is 0 Å². The zero-order valence-corrected chi connectivity index (χ0v) is 38.1. The van der Waals surface area contributed by atoms with Crippen molar-refractivity contribution >= 4 is 49.3 Å². The van der Waals surface area contributed by atoms with Crippen LogP contribution in [-0.2, 0) is 0 Å². The normalized spacial score (nSPS) is 13.6. The lowest BCUT2D eigenvalue weighted by Crippen LogP contribution is -2.21. The molecule has 0 bridgehead atoms. The largest absolute Gasteiger partial charge is 0.314 e. The molecule has 0 saturated carbocycles. The van der Waals surface area contributed by atoms with Crippen molar-refractivity contribution in [2.75, 3.05) is 4.90 Å². The number of hydrogen-bond donors (Lipinski definition) is 0. The van der Waals surface area contributed by atoms with Gasteiger partial charge in [0.05, 0.1) is 5.69 Å². The number of fused-ring (bicyclic) bond motifs is 4. The average molecular weight is 868 g/mol. The molecule has 11 aromatic rings. The van der Waals surface area contributed by atoms with Crippen LogP contribution in [0.15, 0.2) is 267 Å². The van der Waals surface area contributed by atoms with Crippen molar-refractivity contribution in [2.45, 2.75) is 13.3 Å². The van der Waals surface area contributed by atoms with Crippen molar-refractivity contribution in [2.24, 2.45) is 5.92 Å². The van der Waals surface area contributed by atoms with Crippen LogP contribution in [0.1, 0.15) is 18.9 Å². The second-order valence-corrected chi connectivity index (χ2v) is 18.1. The van der Waals surface area contributed by atoms with Crippen LogP contribution in [0.4, 0.5) is 11.4 Å². The van der Waals surface area contributed by atoms with E-state index in [1.54, 1.807) is 0 Å². The topological polar surface area (TPSA) is 3.24 Å². The van der Waals surface area contributed by atoms with E-state index in [1.165, 1.54) is 105 Å². The number of nitrogens with zero attached hydrogens (tertiary/aromatic N) is 1. The zero-order chi connectivity index (χ0) is 45.4. The first kappa shape index (κ1) is 40.9. The predicted molar refractivity (Wildman–Crippen MR) is 291 cm³/mol. The van der Waals surface area contributed by atoms with Gasteiger partial charge in [0.2, 0.25) is 0 Å². The summed E-state index contributed by atoms with van der Waals surface area (Å²) in [5.41, 5.74) is 18.2. The fraction of sp³-hybridized carbons (Fsp3) is 0.0448. The molecule has 0 heterocycles. The molecule has 1 unspecified atom stereocenters. The molecule has 1 aliphatic rings. The fourth-order valence-electron chi connectivity index (χ4n) is 10.6. The molecule has 0 amide bonds. The Bertz CT molecular complexity index is 3690. The second-order valence-electron chi connectivity index (χ2n) is 18.1. The lowest BCUT2D eigenvalue weighted by Gasteiger charge is -2.34. The highest BCUT2D eigenvalue weighted by molar-refractivity contribution is 6.14. The van der Waals surface area contributed by atoms with Gasteiger partial charge in [0.15, 0.2) is 0 Å². The molecule has 0 N–H and O–H groups in total. The Morgan fingerprint density at radius 1 is 0.324 bits per heavy atom. The minimum Gasteiger partial charge on any atom is -0.314 e. The van der Waals surface area contributed by atoms with E-state index in [0.29, 0.717) is 0 Å². The molecule has 12 rings (SSSR count). The molecule has 0 aromatic heterocycles. The molecular weight excluding hydrogens is 819 g/mol. The molecule has 68 heavy (non-hydrogen) atoms. The van der Waals surface area contributed by atoms with E-state index in [1.807, 2.05) is 0 Å². The molecule has 11 aromatic carbocycles. The van der Waals surface area contributed by atoms with Crippen molar-refractivity contribution in [3.63, 3.8) is 0 Å². The first-order valence-electron chi connectivity index (χ1n) is 23.8. The Labute approximate surface area is 399 Å². The van der Waals surface area contributed by atoms with Gasteiger partial charge in [-0.25, -0.2) is 0 Å². The summed E-state index contributed by atoms with van der Waals surface area (Å²) in [4.78, 5) is 2.54. The highest BCUT2D eigenvalue weighted by Gasteiger charge is 2.26. The summed E-state index contributed by atoms with van der Waals surface area (Å²) in [6.45, 7) is 2.39. The van der Waals surface area contributed by atoms with Crippen molar-refractivity contribution in [1.29, 1.82) is 0 Å². The van der Waals surface area contributed by atoms with Gasteiger partial charge in [0.1, 0.15) is 0 Å². The van der Waals surface area contributed by atoms with Crippen LogP contribution in [0.3, 0.4) is 0 Å². The third-order valence-corrected chi connectivity index (χ3v) is 13.9. The van der Waals surface area contributed by atoms with Crippen LogP contribution >= 0.6 is 0 Å². The molecule has 1 heteroatoms. The standard InChI is InChI=1S/C67H49N/c1-46-42-56(38-41-57(46)62-31-17-26-49-24-11-13-27-58(49)62)68(55-36-32-47(33-37-55)52-34-39-60(48-18-5-2-6-19-48)65(43-52)51-22-9-4-10-23-51)67-45-54(35-40-61(67)50-20-7-3-8-21-50)66-44-53-25-12-14-28-59(53)63-29-15-16-30-64(63)66/h2-41,43-46H,42H2,1H3. The first-order valence-corrected chi connectivity index (χ1v) is 23.8. The van der Waals surface area contributed by atoms with Crippen LogP contribution < -0.4 is 4.90 Å². The molecule has 0 fully saturated rings. The quantitative estimate of drug-likeness (QED) is 0.131. The van der Waals surface area contributed by atoms with E-state index in [2.05, 4.69) is 273 Å². The Balaban J connectivity index is 1.04. The highest BCUT2D eigenvalue weighted by Crippen LogP contribution is 2.47. The lowest BCUT2D eigenvalue weighted by atomic mass is 9.84. The number of anilines is 2. The molecule has 1 aliphatic carbocycles. The Hall–Kier alpha value is -8.52. The highest BCUT2D eigenvalue weighted by atomic mass is 15.2. The first-order chi connectivity index (χ1) is 33.6. The van der Waals surface area contributed by atoms with E-state index in [9.17, 15) is 0 Å². The summed E-state index contributed by atoms with van der Waals surface area (Å²) in [6, 6.07) is 91.2. The third-order valence-electron chi connectivity index (χ3n) is 13.9. The molecule has 0 spiro atoms. The number of allylic oxidation sites excluding steroid dienone is 4. The summed E-state index contributed by atoms with van der Waals surface area (Å²) >= 11 is 0. The smallest absolute Gasteiger partial charge is 0.0542 e. The molecule has 1 atom stereocenters. The fourth-order valence-corrected chi connectivity index (χ4v) is 10.6. The zero-order valence-electron chi connectivity index (χ0n) is 38.1. The van der Waals surface area contributed by atoms with Gasteiger partial charge < -0.3 is 4.90 Å². The lowest BCUT2D eigenvalue weighted by molar-refractivity contribution is 0.716. The van der Waals surface area contributed by atoms with Gasteiger partial charge in [0.25, 0.3) is 0 Å². The van der Waals surface area contributed by atoms with Crippen LogP contribution in [0, 0.1) is 5.92 Å². The SMILES string of the molecule is CC1CC(N(c2ccc(-c3ccc(-c4ccccc4)c(-c4ccccc4)c3)cc2)c2cc(-c3cc4ccccc4c4ccccc34)ccc2-c2ccccc2)=CC=C1c1cccc2ccccc12. The molecule has 0 saturated heterocycles. The van der Waals surface area contributed by atoms with E-state index < -0.39 is 0 Å². The van der Waals surface area contributed by atoms with E-state index in [0.717, 1.165) is 17.8 Å². The summed E-state index contributed by atoms with van der Waals surface area (Å²) < 4.78 is 0. The van der Waals surface area contributed by atoms with Gasteiger partial charge in [-0.3, -0.25) is 0 Å². The molecular formula is C67H49N. The monoisotopic (exact) mass is 867 g/mol. The van der Waals surface area contributed by atoms with Gasteiger partial charge in [-0.1, -0.05) is 231 Å². The van der Waals surface area contributed by atoms with Crippen LogP contribution in [0.2, 0.25) is 0 Å². The van der Waals surface area contributed by atoms with Gasteiger partial charge >= 0.3 is 0 Å². The Morgan fingerprint density at radius 3 is 1.57 bits per heavy atom. The Morgan fingerprint density at radius 2 is 0.868 bits per heavy atom. The summed E-state index contributed by atoms with van der Waals surface area (Å²) in [5, 5.41) is 7.60. The molecule has 1 nitrogen and oxygen atoms in total. The average Bonchev–Trinajstić information content (AvgIpc) is 3.41. The van der Waals surface area contributed by atoms with E-state index in [-0.39, 0.29) is 5.92 Å². The third kappa shape index (κ3) is 7.59. The van der Waals surface area contributed by atoms with Crippen molar-refractivity contribution in [1.82, 2.24) is 0 Å². The summed E-state index contributed by atoms with van der Waals surface area (Å²) in [6.07, 6.45) is 5.64. The maximum Gasteiger partial charge on any atom is 0.0542 e. The summed E-state index contributed by atoms with van der Waals surface area (Å²) in [7, 11) is 0. The predicted octanol–water partition coefficient (Wildman–Crippen LogP) is 18.6. The van der Waals surface area contributed by atoms with Crippen LogP contribution in [-0.4, -0.2) is 0 Å². The van der Waals surface area contributed by atoms with Crippen LogP contribution in [0.25, 0.3) is 93.5 Å². The maximum atomic E-state index is 2.54. The van der Waals surface area contributed by atoms with Crippen molar-refractivity contribution in [3.05, 3.63) is 272 Å². The summed E-state index contributed by atoms with van der Waals surface area (Å²) in [5.74, 6) is 0.273. The van der Waals surface area contributed by atoms with Gasteiger partial charge in [-0.05, 0) is 142 Å². The molecule has 322 valence electrons. The maximum absolute atomic E-state index is 2.54. The number of rotatable bonds is 9. The van der Waals surface area contributed by atoms with Gasteiger partial charge in [-0.15, -0.1) is 0 Å². The Kier molecular flexibility index (Phi) is 10.7. The molecule has 0 aliphatic heterocycles. The number of benzene rings is 11. The number of hydrogen-bond acceptors (Lipinski definition) is 1. The van der Waals surface area contributed by atoms with E-state index in [4.69, 9.17) is 0 Å². The van der Waals surface area contributed by atoms with Gasteiger partial charge in [0, 0.05) is 16.9 Å². The minimum absolute atomic E-state index is 0.273. The van der Waals surface area contributed by atoms with E-state index >= 15 is 0 Å². The van der Waals surface area contributed by atoms with Crippen molar-refractivity contribution in [3.8, 4) is 55.6 Å².